The molecule has 0 spiro atoms. The van der Waals surface area contributed by atoms with Crippen LogP contribution in [0.2, 0.25) is 5.02 Å². The molecule has 7 nitrogen and oxygen atoms in total. The summed E-state index contributed by atoms with van der Waals surface area (Å²) in [5.41, 5.74) is 0. The van der Waals surface area contributed by atoms with Crippen LogP contribution in [0.5, 0.6) is 11.5 Å². The van der Waals surface area contributed by atoms with Crippen LogP contribution in [0.3, 0.4) is 0 Å². The molecule has 0 radical (unpaired) electrons. The highest BCUT2D eigenvalue weighted by Gasteiger charge is 2.27. The van der Waals surface area contributed by atoms with Crippen LogP contribution in [-0.2, 0) is 14.8 Å². The Morgan fingerprint density at radius 3 is 2.29 bits per heavy atom. The average Bonchev–Trinajstić information content (AvgIpc) is 3.32. The first kappa shape index (κ1) is 23.4. The quantitative estimate of drug-likeness (QED) is 0.542. The SMILES string of the molecule is CC[C@H](Oc1ccc(Cl)cc1)C(=O)NCCOc1ccc(S(=O)(=O)N2CCCC2)cc1. The molecule has 1 heterocycles. The van der Waals surface area contributed by atoms with Crippen molar-refractivity contribution >= 4 is 27.5 Å². The summed E-state index contributed by atoms with van der Waals surface area (Å²) >= 11 is 5.86. The van der Waals surface area contributed by atoms with Gasteiger partial charge in [0, 0.05) is 18.1 Å². The van der Waals surface area contributed by atoms with Gasteiger partial charge < -0.3 is 14.8 Å². The predicted molar refractivity (Wildman–Crippen MR) is 119 cm³/mol. The molecular formula is C22H27ClN2O5S. The van der Waals surface area contributed by atoms with Crippen molar-refractivity contribution in [3.05, 3.63) is 53.6 Å². The summed E-state index contributed by atoms with van der Waals surface area (Å²) in [6.45, 7) is 3.56. The lowest BCUT2D eigenvalue weighted by molar-refractivity contribution is -0.128. The normalized spacial score (nSPS) is 15.4. The Bertz CT molecular complexity index is 958. The lowest BCUT2D eigenvalue weighted by Crippen LogP contribution is -2.39. The molecule has 1 fully saturated rings. The molecule has 0 aliphatic carbocycles. The number of hydrogen-bond acceptors (Lipinski definition) is 5. The van der Waals surface area contributed by atoms with Crippen molar-refractivity contribution in [2.45, 2.75) is 37.2 Å². The van der Waals surface area contributed by atoms with E-state index < -0.39 is 16.1 Å². The van der Waals surface area contributed by atoms with E-state index in [9.17, 15) is 13.2 Å². The Balaban J connectivity index is 1.44. The highest BCUT2D eigenvalue weighted by atomic mass is 35.5. The van der Waals surface area contributed by atoms with Gasteiger partial charge in [0.25, 0.3) is 5.91 Å². The summed E-state index contributed by atoms with van der Waals surface area (Å²) in [5, 5.41) is 3.39. The van der Waals surface area contributed by atoms with Crippen molar-refractivity contribution in [1.82, 2.24) is 9.62 Å². The van der Waals surface area contributed by atoms with Crippen LogP contribution < -0.4 is 14.8 Å². The molecule has 0 unspecified atom stereocenters. The molecule has 3 rings (SSSR count). The van der Waals surface area contributed by atoms with Crippen LogP contribution in [-0.4, -0.2) is 51.0 Å². The molecule has 168 valence electrons. The lowest BCUT2D eigenvalue weighted by Gasteiger charge is -2.17. The second kappa shape index (κ2) is 10.8. The van der Waals surface area contributed by atoms with Crippen LogP contribution in [0.4, 0.5) is 0 Å². The number of nitrogens with one attached hydrogen (secondary N) is 1. The molecule has 1 amide bonds. The minimum absolute atomic E-state index is 0.229. The maximum Gasteiger partial charge on any atom is 0.261 e. The first-order valence-corrected chi connectivity index (χ1v) is 12.1. The Kier molecular flexibility index (Phi) is 8.17. The third-order valence-corrected chi connectivity index (χ3v) is 7.12. The fourth-order valence-corrected chi connectivity index (χ4v) is 4.89. The standard InChI is InChI=1S/C22H27ClN2O5S/c1-2-21(30-19-7-5-17(23)6-8-19)22(26)24-13-16-29-18-9-11-20(12-10-18)31(27,28)25-14-3-4-15-25/h5-12,21H,2-4,13-16H2,1H3,(H,24,26)/t21-/m0/s1. The minimum Gasteiger partial charge on any atom is -0.492 e. The first-order valence-electron chi connectivity index (χ1n) is 10.3. The van der Waals surface area contributed by atoms with Gasteiger partial charge in [-0.3, -0.25) is 4.79 Å². The molecule has 1 aliphatic rings. The van der Waals surface area contributed by atoms with Crippen molar-refractivity contribution in [3.8, 4) is 11.5 Å². The molecule has 0 bridgehead atoms. The Hall–Kier alpha value is -2.29. The number of hydrogen-bond donors (Lipinski definition) is 1. The first-order chi connectivity index (χ1) is 14.9. The van der Waals surface area contributed by atoms with E-state index in [2.05, 4.69) is 5.32 Å². The summed E-state index contributed by atoms with van der Waals surface area (Å²) in [4.78, 5) is 12.6. The Labute approximate surface area is 188 Å². The van der Waals surface area contributed by atoms with Gasteiger partial charge in [-0.05, 0) is 67.8 Å². The van der Waals surface area contributed by atoms with Gasteiger partial charge in [0.2, 0.25) is 10.0 Å². The highest BCUT2D eigenvalue weighted by molar-refractivity contribution is 7.89. The molecule has 1 aliphatic heterocycles. The number of halogens is 1. The van der Waals surface area contributed by atoms with Gasteiger partial charge in [-0.25, -0.2) is 8.42 Å². The highest BCUT2D eigenvalue weighted by Crippen LogP contribution is 2.23. The molecule has 9 heteroatoms. The smallest absolute Gasteiger partial charge is 0.261 e. The molecule has 1 saturated heterocycles. The second-order valence-corrected chi connectivity index (χ2v) is 9.57. The van der Waals surface area contributed by atoms with Crippen molar-refractivity contribution in [2.24, 2.45) is 0 Å². The number of amides is 1. The zero-order valence-electron chi connectivity index (χ0n) is 17.4. The summed E-state index contributed by atoms with van der Waals surface area (Å²) < 4.78 is 37.9. The van der Waals surface area contributed by atoms with Gasteiger partial charge in [0.1, 0.15) is 18.1 Å². The number of nitrogens with zero attached hydrogens (tertiary/aromatic N) is 1. The predicted octanol–water partition coefficient (Wildman–Crippen LogP) is 3.48. The van der Waals surface area contributed by atoms with E-state index in [1.54, 1.807) is 48.5 Å². The van der Waals surface area contributed by atoms with Gasteiger partial charge >= 0.3 is 0 Å². The topological polar surface area (TPSA) is 84.9 Å². The number of rotatable bonds is 10. The fraction of sp³-hybridized carbons (Fsp3) is 0.409. The van der Waals surface area contributed by atoms with Gasteiger partial charge in [-0.2, -0.15) is 4.31 Å². The Morgan fingerprint density at radius 2 is 1.68 bits per heavy atom. The van der Waals surface area contributed by atoms with E-state index in [0.717, 1.165) is 12.8 Å². The summed E-state index contributed by atoms with van der Waals surface area (Å²) in [7, 11) is -3.43. The number of carbonyl (C=O) groups is 1. The van der Waals surface area contributed by atoms with Crippen molar-refractivity contribution in [3.63, 3.8) is 0 Å². The molecule has 0 saturated carbocycles. The van der Waals surface area contributed by atoms with Crippen molar-refractivity contribution < 1.29 is 22.7 Å². The largest absolute Gasteiger partial charge is 0.492 e. The van der Waals surface area contributed by atoms with Crippen LogP contribution in [0.25, 0.3) is 0 Å². The molecule has 31 heavy (non-hydrogen) atoms. The van der Waals surface area contributed by atoms with Crippen LogP contribution in [0, 0.1) is 0 Å². The molecule has 0 aromatic heterocycles. The van der Waals surface area contributed by atoms with Gasteiger partial charge in [0.05, 0.1) is 11.4 Å². The zero-order chi connectivity index (χ0) is 22.3. The average molecular weight is 467 g/mol. The van der Waals surface area contributed by atoms with Crippen molar-refractivity contribution in [2.75, 3.05) is 26.2 Å². The van der Waals surface area contributed by atoms with E-state index >= 15 is 0 Å². The lowest BCUT2D eigenvalue weighted by atomic mass is 10.2. The van der Waals surface area contributed by atoms with Crippen molar-refractivity contribution in [1.29, 1.82) is 0 Å². The maximum absolute atomic E-state index is 12.5. The van der Waals surface area contributed by atoms with E-state index in [-0.39, 0.29) is 17.4 Å². The summed E-state index contributed by atoms with van der Waals surface area (Å²) in [6.07, 6.45) is 1.70. The monoisotopic (exact) mass is 466 g/mol. The van der Waals surface area contributed by atoms with E-state index in [1.165, 1.54) is 4.31 Å². The molecule has 1 N–H and O–H groups in total. The number of benzene rings is 2. The fourth-order valence-electron chi connectivity index (χ4n) is 3.24. The second-order valence-electron chi connectivity index (χ2n) is 7.19. The molecule has 2 aromatic carbocycles. The van der Waals surface area contributed by atoms with E-state index in [0.29, 0.717) is 42.6 Å². The Morgan fingerprint density at radius 1 is 1.06 bits per heavy atom. The van der Waals surface area contributed by atoms with Gasteiger partial charge in [-0.15, -0.1) is 0 Å². The van der Waals surface area contributed by atoms with Crippen LogP contribution in [0.1, 0.15) is 26.2 Å². The summed E-state index contributed by atoms with van der Waals surface area (Å²) in [5.74, 6) is 0.888. The molecule has 2 aromatic rings. The van der Waals surface area contributed by atoms with Gasteiger partial charge in [-0.1, -0.05) is 18.5 Å². The zero-order valence-corrected chi connectivity index (χ0v) is 19.0. The number of sulfonamides is 1. The third kappa shape index (κ3) is 6.35. The van der Waals surface area contributed by atoms with E-state index in [4.69, 9.17) is 21.1 Å². The molecular weight excluding hydrogens is 440 g/mol. The van der Waals surface area contributed by atoms with Crippen LogP contribution >= 0.6 is 11.6 Å². The summed E-state index contributed by atoms with van der Waals surface area (Å²) in [6, 6.07) is 13.2. The number of ether oxygens (including phenoxy) is 2. The molecule has 1 atom stereocenters. The van der Waals surface area contributed by atoms with Gasteiger partial charge in [0.15, 0.2) is 6.10 Å². The maximum atomic E-state index is 12.5. The van der Waals surface area contributed by atoms with E-state index in [1.807, 2.05) is 6.92 Å². The third-order valence-electron chi connectivity index (χ3n) is 4.95. The number of carbonyl (C=O) groups excluding carboxylic acids is 1. The van der Waals surface area contributed by atoms with Crippen LogP contribution in [0.15, 0.2) is 53.4 Å². The minimum atomic E-state index is -3.43.